The van der Waals surface area contributed by atoms with Gasteiger partial charge in [0.05, 0.1) is 6.04 Å². The molecule has 28 heavy (non-hydrogen) atoms. The third-order valence-electron chi connectivity index (χ3n) is 6.70. The Balaban J connectivity index is 1.40. The summed E-state index contributed by atoms with van der Waals surface area (Å²) in [6.45, 7) is 3.06. The molecule has 1 N–H and O–H groups in total. The number of anilines is 1. The van der Waals surface area contributed by atoms with Crippen molar-refractivity contribution in [1.82, 2.24) is 9.80 Å². The Kier molecular flexibility index (Phi) is 6.22. The van der Waals surface area contributed by atoms with Crippen LogP contribution < -0.4 is 5.32 Å². The fraction of sp³-hybridized carbons (Fsp3) is 0.636. The Hall–Kier alpha value is -1.59. The van der Waals surface area contributed by atoms with Crippen LogP contribution in [0.2, 0.25) is 5.02 Å². The number of nitrogens with one attached hydrogen (secondary N) is 1. The van der Waals surface area contributed by atoms with E-state index in [0.717, 1.165) is 57.5 Å². The molecule has 1 saturated heterocycles. The summed E-state index contributed by atoms with van der Waals surface area (Å²) in [5, 5.41) is 3.76. The molecule has 152 valence electrons. The van der Waals surface area contributed by atoms with Crippen LogP contribution in [0.5, 0.6) is 0 Å². The van der Waals surface area contributed by atoms with Gasteiger partial charge in [-0.2, -0.15) is 0 Å². The van der Waals surface area contributed by atoms with Crippen LogP contribution >= 0.6 is 11.6 Å². The second-order valence-electron chi connectivity index (χ2n) is 8.47. The monoisotopic (exact) mass is 403 g/mol. The molecule has 1 heterocycles. The molecule has 3 fully saturated rings. The molecule has 4 rings (SSSR count). The maximum Gasteiger partial charge on any atom is 0.242 e. The van der Waals surface area contributed by atoms with E-state index in [2.05, 4.69) is 10.2 Å². The number of carbonyl (C=O) groups excluding carboxylic acids is 2. The third kappa shape index (κ3) is 4.36. The van der Waals surface area contributed by atoms with E-state index in [1.807, 2.05) is 17.0 Å². The number of rotatable bonds is 5. The number of carbonyl (C=O) groups is 2. The van der Waals surface area contributed by atoms with E-state index in [1.54, 1.807) is 12.1 Å². The minimum absolute atomic E-state index is 0.0768. The van der Waals surface area contributed by atoms with Crippen molar-refractivity contribution in [2.75, 3.05) is 31.5 Å². The van der Waals surface area contributed by atoms with Gasteiger partial charge in [0.15, 0.2) is 0 Å². The third-order valence-corrected chi connectivity index (χ3v) is 6.95. The number of hydrogen-bond acceptors (Lipinski definition) is 3. The van der Waals surface area contributed by atoms with E-state index in [9.17, 15) is 9.59 Å². The fourth-order valence-electron chi connectivity index (χ4n) is 4.83. The van der Waals surface area contributed by atoms with Gasteiger partial charge in [0, 0.05) is 42.8 Å². The Morgan fingerprint density at radius 2 is 1.57 bits per heavy atom. The molecule has 2 saturated carbocycles. The largest absolute Gasteiger partial charge is 0.340 e. The summed E-state index contributed by atoms with van der Waals surface area (Å²) in [5.74, 6) is 1.06. The zero-order valence-corrected chi connectivity index (χ0v) is 17.2. The molecule has 1 aromatic carbocycles. The van der Waals surface area contributed by atoms with Gasteiger partial charge in [0.2, 0.25) is 11.8 Å². The molecule has 2 amide bonds. The van der Waals surface area contributed by atoms with E-state index in [-0.39, 0.29) is 17.9 Å². The normalized spacial score (nSPS) is 22.7. The molecule has 0 spiro atoms. The Labute approximate surface area is 172 Å². The summed E-state index contributed by atoms with van der Waals surface area (Å²) in [6.07, 6.45) is 7.91. The molecule has 1 atom stereocenters. The summed E-state index contributed by atoms with van der Waals surface area (Å²) in [4.78, 5) is 30.1. The van der Waals surface area contributed by atoms with Crippen molar-refractivity contribution in [1.29, 1.82) is 0 Å². The van der Waals surface area contributed by atoms with E-state index >= 15 is 0 Å². The van der Waals surface area contributed by atoms with Gasteiger partial charge in [-0.3, -0.25) is 14.5 Å². The Morgan fingerprint density at radius 1 is 0.929 bits per heavy atom. The summed E-state index contributed by atoms with van der Waals surface area (Å²) >= 11 is 5.96. The average Bonchev–Trinajstić information content (AvgIpc) is 3.17. The Bertz CT molecular complexity index is 690. The zero-order valence-electron chi connectivity index (χ0n) is 16.4. The van der Waals surface area contributed by atoms with Crippen molar-refractivity contribution in [2.45, 2.75) is 51.0 Å². The highest BCUT2D eigenvalue weighted by Crippen LogP contribution is 2.33. The van der Waals surface area contributed by atoms with Crippen molar-refractivity contribution < 1.29 is 9.59 Å². The van der Waals surface area contributed by atoms with Gasteiger partial charge < -0.3 is 10.2 Å². The molecule has 1 aliphatic heterocycles. The van der Waals surface area contributed by atoms with Crippen molar-refractivity contribution in [3.63, 3.8) is 0 Å². The molecule has 1 aromatic rings. The van der Waals surface area contributed by atoms with Gasteiger partial charge in [0.1, 0.15) is 0 Å². The first-order valence-corrected chi connectivity index (χ1v) is 11.1. The van der Waals surface area contributed by atoms with Crippen molar-refractivity contribution in [2.24, 2.45) is 11.8 Å². The summed E-state index contributed by atoms with van der Waals surface area (Å²) in [6, 6.07) is 7.18. The fourth-order valence-corrected chi connectivity index (χ4v) is 4.96. The van der Waals surface area contributed by atoms with Crippen LogP contribution in [0, 0.1) is 11.8 Å². The van der Waals surface area contributed by atoms with E-state index in [4.69, 9.17) is 11.6 Å². The molecule has 5 nitrogen and oxygen atoms in total. The van der Waals surface area contributed by atoms with Crippen LogP contribution in [0.3, 0.4) is 0 Å². The molecule has 0 radical (unpaired) electrons. The number of benzene rings is 1. The first-order valence-electron chi connectivity index (χ1n) is 10.7. The zero-order chi connectivity index (χ0) is 19.5. The minimum Gasteiger partial charge on any atom is -0.340 e. The van der Waals surface area contributed by atoms with Crippen LogP contribution in [-0.2, 0) is 9.59 Å². The molecule has 3 aliphatic rings. The molecule has 6 heteroatoms. The summed E-state index contributed by atoms with van der Waals surface area (Å²) in [5.41, 5.74) is 0.788. The number of nitrogens with zero attached hydrogens (tertiary/aromatic N) is 2. The molecule has 2 aliphatic carbocycles. The highest BCUT2D eigenvalue weighted by Gasteiger charge is 2.38. The number of amides is 2. The number of halogens is 1. The second kappa shape index (κ2) is 8.83. The standard InChI is InChI=1S/C22H30ClN3O2/c23-18-8-10-19(11-9-18)24-21(27)20(16-4-1-2-5-16)25-12-14-26(15-13-25)22(28)17-6-3-7-17/h8-11,16-17,20H,1-7,12-15H2,(H,24,27)/t20-/m0/s1. The molecule has 0 aromatic heterocycles. The first kappa shape index (κ1) is 19.7. The predicted molar refractivity (Wildman–Crippen MR) is 111 cm³/mol. The minimum atomic E-state index is -0.112. The highest BCUT2D eigenvalue weighted by molar-refractivity contribution is 6.30. The van der Waals surface area contributed by atoms with Crippen LogP contribution in [0.15, 0.2) is 24.3 Å². The van der Waals surface area contributed by atoms with Gasteiger partial charge in [-0.1, -0.05) is 30.9 Å². The quantitative estimate of drug-likeness (QED) is 0.813. The Morgan fingerprint density at radius 3 is 2.14 bits per heavy atom. The maximum atomic E-state index is 13.2. The molecule has 0 unspecified atom stereocenters. The predicted octanol–water partition coefficient (Wildman–Crippen LogP) is 3.78. The lowest BCUT2D eigenvalue weighted by Gasteiger charge is -2.42. The van der Waals surface area contributed by atoms with E-state index < -0.39 is 0 Å². The lowest BCUT2D eigenvalue weighted by molar-refractivity contribution is -0.140. The van der Waals surface area contributed by atoms with Crippen molar-refractivity contribution in [3.8, 4) is 0 Å². The molecular weight excluding hydrogens is 374 g/mol. The topological polar surface area (TPSA) is 52.7 Å². The van der Waals surface area contributed by atoms with Crippen LogP contribution in [-0.4, -0.2) is 53.8 Å². The number of hydrogen-bond donors (Lipinski definition) is 1. The summed E-state index contributed by atoms with van der Waals surface area (Å²) < 4.78 is 0. The maximum absolute atomic E-state index is 13.2. The number of piperazine rings is 1. The van der Waals surface area contributed by atoms with E-state index in [1.165, 1.54) is 19.3 Å². The van der Waals surface area contributed by atoms with Gasteiger partial charge in [-0.05, 0) is 55.9 Å². The smallest absolute Gasteiger partial charge is 0.242 e. The van der Waals surface area contributed by atoms with Crippen LogP contribution in [0.4, 0.5) is 5.69 Å². The SMILES string of the molecule is O=C(Nc1ccc(Cl)cc1)[C@H](C1CCCC1)N1CCN(C(=O)C2CCC2)CC1. The van der Waals surface area contributed by atoms with Gasteiger partial charge >= 0.3 is 0 Å². The first-order chi connectivity index (χ1) is 13.6. The van der Waals surface area contributed by atoms with Crippen molar-refractivity contribution >= 4 is 29.1 Å². The van der Waals surface area contributed by atoms with Crippen molar-refractivity contribution in [3.05, 3.63) is 29.3 Å². The lowest BCUT2D eigenvalue weighted by atomic mass is 9.84. The van der Waals surface area contributed by atoms with Gasteiger partial charge in [0.25, 0.3) is 0 Å². The molecular formula is C22H30ClN3O2. The van der Waals surface area contributed by atoms with Crippen LogP contribution in [0.1, 0.15) is 44.9 Å². The average molecular weight is 404 g/mol. The van der Waals surface area contributed by atoms with Crippen LogP contribution in [0.25, 0.3) is 0 Å². The van der Waals surface area contributed by atoms with E-state index in [0.29, 0.717) is 16.8 Å². The van der Waals surface area contributed by atoms with Gasteiger partial charge in [-0.25, -0.2) is 0 Å². The molecule has 0 bridgehead atoms. The summed E-state index contributed by atoms with van der Waals surface area (Å²) in [7, 11) is 0. The highest BCUT2D eigenvalue weighted by atomic mass is 35.5. The van der Waals surface area contributed by atoms with Gasteiger partial charge in [-0.15, -0.1) is 0 Å². The lowest BCUT2D eigenvalue weighted by Crippen LogP contribution is -2.57. The second-order valence-corrected chi connectivity index (χ2v) is 8.91.